The Balaban J connectivity index is 3.65. The van der Waals surface area contributed by atoms with E-state index in [1.54, 1.807) is 13.8 Å². The van der Waals surface area contributed by atoms with Crippen molar-refractivity contribution in [1.29, 1.82) is 0 Å². The van der Waals surface area contributed by atoms with Crippen LogP contribution in [0, 0.1) is 13.8 Å². The Kier molecular flexibility index (Phi) is 4.32. The monoisotopic (exact) mass is 364 g/mol. The highest BCUT2D eigenvalue weighted by Gasteiger charge is 2.24. The molecule has 92 valence electrons. The van der Waals surface area contributed by atoms with E-state index < -0.39 is 11.9 Å². The van der Waals surface area contributed by atoms with Gasteiger partial charge in [-0.3, -0.25) is 4.79 Å². The molecule has 17 heavy (non-hydrogen) atoms. The normalized spacial score (nSPS) is 10.2. The van der Waals surface area contributed by atoms with Crippen molar-refractivity contribution < 1.29 is 19.4 Å². The lowest BCUT2D eigenvalue weighted by Gasteiger charge is -2.15. The standard InChI is InChI=1S/C11H10Br2O4/c1-4-7(11(15)16)10(17-6(3)14)9(13)5(2)8(4)12/h1-3H3,(H,15,16). The van der Waals surface area contributed by atoms with Crippen LogP contribution in [0.4, 0.5) is 0 Å². The van der Waals surface area contributed by atoms with Crippen LogP contribution in [0.3, 0.4) is 0 Å². The molecule has 1 aromatic carbocycles. The van der Waals surface area contributed by atoms with Gasteiger partial charge in [0.1, 0.15) is 5.56 Å². The van der Waals surface area contributed by atoms with E-state index in [1.807, 2.05) is 0 Å². The molecule has 0 atom stereocenters. The molecule has 0 saturated heterocycles. The summed E-state index contributed by atoms with van der Waals surface area (Å²) < 4.78 is 6.11. The van der Waals surface area contributed by atoms with Gasteiger partial charge in [0.15, 0.2) is 5.75 Å². The molecule has 1 rings (SSSR count). The summed E-state index contributed by atoms with van der Waals surface area (Å²) in [5.41, 5.74) is 1.28. The Hall–Kier alpha value is -0.880. The minimum Gasteiger partial charge on any atom is -0.478 e. The van der Waals surface area contributed by atoms with Crippen molar-refractivity contribution in [1.82, 2.24) is 0 Å². The number of esters is 1. The van der Waals surface area contributed by atoms with Crippen molar-refractivity contribution in [3.8, 4) is 5.75 Å². The zero-order valence-corrected chi connectivity index (χ0v) is 12.6. The summed E-state index contributed by atoms with van der Waals surface area (Å²) in [6.07, 6.45) is 0. The van der Waals surface area contributed by atoms with Crippen LogP contribution in [0.5, 0.6) is 5.75 Å². The number of benzene rings is 1. The van der Waals surface area contributed by atoms with Gasteiger partial charge in [-0.1, -0.05) is 15.9 Å². The highest BCUT2D eigenvalue weighted by atomic mass is 79.9. The Morgan fingerprint density at radius 3 is 2.06 bits per heavy atom. The summed E-state index contributed by atoms with van der Waals surface area (Å²) in [6, 6.07) is 0. The first-order chi connectivity index (χ1) is 7.77. The highest BCUT2D eigenvalue weighted by Crippen LogP contribution is 2.40. The van der Waals surface area contributed by atoms with Crippen molar-refractivity contribution >= 4 is 43.8 Å². The first kappa shape index (κ1) is 14.2. The molecule has 0 aromatic heterocycles. The molecule has 6 heteroatoms. The third kappa shape index (κ3) is 2.69. The van der Waals surface area contributed by atoms with Gasteiger partial charge in [-0.15, -0.1) is 0 Å². The van der Waals surface area contributed by atoms with Crippen LogP contribution in [0.15, 0.2) is 8.95 Å². The number of rotatable bonds is 2. The topological polar surface area (TPSA) is 63.6 Å². The van der Waals surface area contributed by atoms with E-state index in [0.29, 0.717) is 14.5 Å². The van der Waals surface area contributed by atoms with Crippen LogP contribution in [0.1, 0.15) is 28.4 Å². The Morgan fingerprint density at radius 2 is 1.65 bits per heavy atom. The molecule has 4 nitrogen and oxygen atoms in total. The van der Waals surface area contributed by atoms with Crippen molar-refractivity contribution in [3.63, 3.8) is 0 Å². The third-order valence-corrected chi connectivity index (χ3v) is 4.39. The van der Waals surface area contributed by atoms with Gasteiger partial charge in [-0.25, -0.2) is 4.79 Å². The zero-order valence-electron chi connectivity index (χ0n) is 9.43. The predicted molar refractivity (Wildman–Crippen MR) is 69.6 cm³/mol. The minimum atomic E-state index is -1.14. The second kappa shape index (κ2) is 5.18. The molecule has 0 radical (unpaired) electrons. The molecular weight excluding hydrogens is 356 g/mol. The summed E-state index contributed by atoms with van der Waals surface area (Å²) in [5.74, 6) is -1.65. The number of carboxylic acid groups (broad SMARTS) is 1. The Bertz CT molecular complexity index is 509. The fourth-order valence-electron chi connectivity index (χ4n) is 1.43. The van der Waals surface area contributed by atoms with Crippen LogP contribution < -0.4 is 4.74 Å². The summed E-state index contributed by atoms with van der Waals surface area (Å²) in [7, 11) is 0. The van der Waals surface area contributed by atoms with Gasteiger partial charge < -0.3 is 9.84 Å². The summed E-state index contributed by atoms with van der Waals surface area (Å²) >= 11 is 6.56. The highest BCUT2D eigenvalue weighted by molar-refractivity contribution is 9.11. The van der Waals surface area contributed by atoms with Gasteiger partial charge in [0.2, 0.25) is 0 Å². The van der Waals surface area contributed by atoms with Crippen LogP contribution in [0.25, 0.3) is 0 Å². The molecule has 0 amide bonds. The maximum absolute atomic E-state index is 11.2. The molecular formula is C11H10Br2O4. The Labute approximate surface area is 115 Å². The maximum Gasteiger partial charge on any atom is 0.339 e. The molecule has 1 N–H and O–H groups in total. The van der Waals surface area contributed by atoms with Crippen molar-refractivity contribution in [2.75, 3.05) is 0 Å². The van der Waals surface area contributed by atoms with E-state index in [1.165, 1.54) is 6.92 Å². The number of hydrogen-bond acceptors (Lipinski definition) is 3. The average molecular weight is 366 g/mol. The molecule has 0 aliphatic heterocycles. The second-order valence-corrected chi connectivity index (χ2v) is 5.07. The lowest BCUT2D eigenvalue weighted by Crippen LogP contribution is -2.11. The predicted octanol–water partition coefficient (Wildman–Crippen LogP) is 3.45. The number of ether oxygens (including phenoxy) is 1. The van der Waals surface area contributed by atoms with E-state index >= 15 is 0 Å². The number of hydrogen-bond donors (Lipinski definition) is 1. The van der Waals surface area contributed by atoms with Crippen LogP contribution in [-0.2, 0) is 4.79 Å². The third-order valence-electron chi connectivity index (χ3n) is 2.25. The molecule has 1 aromatic rings. The fraction of sp³-hybridized carbons (Fsp3) is 0.273. The van der Waals surface area contributed by atoms with Gasteiger partial charge in [-0.2, -0.15) is 0 Å². The molecule has 0 fully saturated rings. The van der Waals surface area contributed by atoms with Gasteiger partial charge >= 0.3 is 11.9 Å². The largest absolute Gasteiger partial charge is 0.478 e. The second-order valence-electron chi connectivity index (χ2n) is 3.48. The zero-order chi connectivity index (χ0) is 13.3. The van der Waals surface area contributed by atoms with E-state index in [9.17, 15) is 9.59 Å². The number of halogens is 2. The van der Waals surface area contributed by atoms with Crippen LogP contribution in [-0.4, -0.2) is 17.0 Å². The fourth-order valence-corrected chi connectivity index (χ4v) is 2.57. The molecule has 0 bridgehead atoms. The lowest BCUT2D eigenvalue weighted by molar-refractivity contribution is -0.131. The molecule has 0 aliphatic carbocycles. The molecule has 0 heterocycles. The van der Waals surface area contributed by atoms with Crippen molar-refractivity contribution in [3.05, 3.63) is 25.6 Å². The minimum absolute atomic E-state index is 0.0236. The summed E-state index contributed by atoms with van der Waals surface area (Å²) in [6.45, 7) is 4.67. The van der Waals surface area contributed by atoms with E-state index in [-0.39, 0.29) is 11.3 Å². The maximum atomic E-state index is 11.2. The SMILES string of the molecule is CC(=O)Oc1c(Br)c(C)c(Br)c(C)c1C(=O)O. The molecule has 0 aliphatic rings. The van der Waals surface area contributed by atoms with E-state index in [4.69, 9.17) is 9.84 Å². The first-order valence-electron chi connectivity index (χ1n) is 4.67. The smallest absolute Gasteiger partial charge is 0.339 e. The van der Waals surface area contributed by atoms with E-state index in [0.717, 1.165) is 5.56 Å². The average Bonchev–Trinajstić information content (AvgIpc) is 2.22. The Morgan fingerprint density at radius 1 is 1.12 bits per heavy atom. The van der Waals surface area contributed by atoms with E-state index in [2.05, 4.69) is 31.9 Å². The van der Waals surface area contributed by atoms with Crippen LogP contribution >= 0.6 is 31.9 Å². The number of carbonyl (C=O) groups is 2. The summed E-state index contributed by atoms with van der Waals surface area (Å²) in [5, 5.41) is 9.17. The van der Waals surface area contributed by atoms with Gasteiger partial charge in [0.25, 0.3) is 0 Å². The molecule has 0 spiro atoms. The number of carbonyl (C=O) groups excluding carboxylic acids is 1. The number of aromatic carboxylic acids is 1. The molecule has 0 saturated carbocycles. The van der Waals surface area contributed by atoms with Crippen LogP contribution in [0.2, 0.25) is 0 Å². The quantitative estimate of drug-likeness (QED) is 0.644. The van der Waals surface area contributed by atoms with Gasteiger partial charge in [0, 0.05) is 11.4 Å². The van der Waals surface area contributed by atoms with Gasteiger partial charge in [0.05, 0.1) is 4.47 Å². The van der Waals surface area contributed by atoms with Gasteiger partial charge in [-0.05, 0) is 40.9 Å². The van der Waals surface area contributed by atoms with Crippen molar-refractivity contribution in [2.45, 2.75) is 20.8 Å². The molecule has 0 unspecified atom stereocenters. The summed E-state index contributed by atoms with van der Waals surface area (Å²) in [4.78, 5) is 22.2. The van der Waals surface area contributed by atoms with Crippen molar-refractivity contribution in [2.24, 2.45) is 0 Å². The number of carboxylic acids is 1. The lowest BCUT2D eigenvalue weighted by atomic mass is 10.0. The first-order valence-corrected chi connectivity index (χ1v) is 6.25.